The summed E-state index contributed by atoms with van der Waals surface area (Å²) in [6.07, 6.45) is 1.12. The van der Waals surface area contributed by atoms with Crippen LogP contribution in [0.4, 0.5) is 0 Å². The van der Waals surface area contributed by atoms with Crippen LogP contribution in [-0.4, -0.2) is 10.8 Å². The third kappa shape index (κ3) is 3.81. The summed E-state index contributed by atoms with van der Waals surface area (Å²) in [6.45, 7) is 0. The molecular weight excluding hydrogens is 342 g/mol. The van der Waals surface area contributed by atoms with Gasteiger partial charge in [-0.2, -0.15) is 0 Å². The molecule has 0 spiro atoms. The summed E-state index contributed by atoms with van der Waals surface area (Å²) in [6, 6.07) is 24.9. The zero-order chi connectivity index (χ0) is 17.8. The Balaban J connectivity index is 1.38. The van der Waals surface area contributed by atoms with E-state index in [1.165, 1.54) is 0 Å². The minimum absolute atomic E-state index is 0.121. The molecular formula is C22H17NO2S. The van der Waals surface area contributed by atoms with E-state index >= 15 is 0 Å². The lowest BCUT2D eigenvalue weighted by molar-refractivity contribution is 0.0983. The number of nitrogens with zero attached hydrogens (tertiary/aromatic N) is 1. The summed E-state index contributed by atoms with van der Waals surface area (Å²) < 4.78 is 6.92. The number of thiazole rings is 1. The number of hydrogen-bond donors (Lipinski definition) is 0. The van der Waals surface area contributed by atoms with E-state index in [1.54, 1.807) is 11.3 Å². The van der Waals surface area contributed by atoms with Crippen LogP contribution in [0.3, 0.4) is 0 Å². The highest BCUT2D eigenvalue weighted by Gasteiger charge is 2.09. The molecule has 0 radical (unpaired) electrons. The van der Waals surface area contributed by atoms with Crippen LogP contribution in [0.1, 0.15) is 21.8 Å². The molecule has 0 unspecified atom stereocenters. The second kappa shape index (κ2) is 7.50. The molecule has 1 aromatic heterocycles. The van der Waals surface area contributed by atoms with Gasteiger partial charge in [-0.3, -0.25) is 4.79 Å². The van der Waals surface area contributed by atoms with E-state index in [-0.39, 0.29) is 5.78 Å². The van der Waals surface area contributed by atoms with Gasteiger partial charge in [-0.25, -0.2) is 4.98 Å². The lowest BCUT2D eigenvalue weighted by Crippen LogP contribution is -2.01. The number of carbonyl (C=O) groups excluding carboxylic acids is 1. The number of Topliss-reactive ketones (excluding diaryl/α,β-unsaturated/α-hetero) is 1. The van der Waals surface area contributed by atoms with Crippen molar-refractivity contribution in [1.82, 2.24) is 4.98 Å². The van der Waals surface area contributed by atoms with Crippen molar-refractivity contribution in [3.05, 3.63) is 89.4 Å². The number of benzene rings is 3. The van der Waals surface area contributed by atoms with Crippen molar-refractivity contribution in [3.63, 3.8) is 0 Å². The van der Waals surface area contributed by atoms with Crippen LogP contribution in [0.25, 0.3) is 10.2 Å². The lowest BCUT2D eigenvalue weighted by Gasteiger charge is -2.06. The first kappa shape index (κ1) is 16.5. The van der Waals surface area contributed by atoms with E-state index in [9.17, 15) is 4.79 Å². The number of aromatic nitrogens is 1. The first-order valence-corrected chi connectivity index (χ1v) is 9.30. The molecule has 0 N–H and O–H groups in total. The highest BCUT2D eigenvalue weighted by Crippen LogP contribution is 2.24. The summed E-state index contributed by atoms with van der Waals surface area (Å²) in [5, 5.41) is 1.00. The van der Waals surface area contributed by atoms with E-state index in [0.29, 0.717) is 18.4 Å². The predicted molar refractivity (Wildman–Crippen MR) is 105 cm³/mol. The predicted octanol–water partition coefficient (Wildman–Crippen LogP) is 5.90. The summed E-state index contributed by atoms with van der Waals surface area (Å²) >= 11 is 1.65. The fraction of sp³-hybridized carbons (Fsp3) is 0.0909. The SMILES string of the molecule is O=C(CCc1nc2ccccc2s1)c1ccc(Oc2ccccc2)cc1. The zero-order valence-electron chi connectivity index (χ0n) is 14.1. The van der Waals surface area contributed by atoms with E-state index in [0.717, 1.165) is 26.7 Å². The fourth-order valence-corrected chi connectivity index (χ4v) is 3.69. The summed E-state index contributed by atoms with van der Waals surface area (Å²) in [4.78, 5) is 17.0. The topological polar surface area (TPSA) is 39.2 Å². The van der Waals surface area contributed by atoms with Gasteiger partial charge in [0.2, 0.25) is 0 Å². The van der Waals surface area contributed by atoms with E-state index in [2.05, 4.69) is 11.1 Å². The van der Waals surface area contributed by atoms with Crippen molar-refractivity contribution in [1.29, 1.82) is 0 Å². The quantitative estimate of drug-likeness (QED) is 0.402. The average Bonchev–Trinajstić information content (AvgIpc) is 3.10. The van der Waals surface area contributed by atoms with Crippen LogP contribution in [-0.2, 0) is 6.42 Å². The highest BCUT2D eigenvalue weighted by molar-refractivity contribution is 7.18. The molecule has 0 aliphatic carbocycles. The number of ether oxygens (including phenoxy) is 1. The number of carbonyl (C=O) groups is 1. The van der Waals surface area contributed by atoms with Crippen molar-refractivity contribution in [2.45, 2.75) is 12.8 Å². The second-order valence-electron chi connectivity index (χ2n) is 5.94. The van der Waals surface area contributed by atoms with Gasteiger partial charge in [0.05, 0.1) is 15.2 Å². The van der Waals surface area contributed by atoms with Crippen LogP contribution in [0, 0.1) is 0 Å². The standard InChI is InChI=1S/C22H17NO2S/c24-20(14-15-22-23-19-8-4-5-9-21(19)26-22)16-10-12-18(13-11-16)25-17-6-2-1-3-7-17/h1-13H,14-15H2. The molecule has 3 aromatic carbocycles. The molecule has 26 heavy (non-hydrogen) atoms. The minimum Gasteiger partial charge on any atom is -0.457 e. The summed E-state index contributed by atoms with van der Waals surface area (Å²) in [5.74, 6) is 1.62. The Labute approximate surface area is 155 Å². The number of para-hydroxylation sites is 2. The Hall–Kier alpha value is -2.98. The Morgan fingerprint density at radius 1 is 0.846 bits per heavy atom. The number of fused-ring (bicyclic) bond motifs is 1. The number of hydrogen-bond acceptors (Lipinski definition) is 4. The Kier molecular flexibility index (Phi) is 4.75. The first-order valence-electron chi connectivity index (χ1n) is 8.48. The van der Waals surface area contributed by atoms with Crippen LogP contribution in [0.5, 0.6) is 11.5 Å². The molecule has 0 aliphatic rings. The number of rotatable bonds is 6. The van der Waals surface area contributed by atoms with E-state index in [1.807, 2.05) is 72.8 Å². The third-order valence-corrected chi connectivity index (χ3v) is 5.16. The Morgan fingerprint density at radius 2 is 1.54 bits per heavy atom. The van der Waals surface area contributed by atoms with Gasteiger partial charge in [-0.1, -0.05) is 30.3 Å². The monoisotopic (exact) mass is 359 g/mol. The lowest BCUT2D eigenvalue weighted by atomic mass is 10.1. The molecule has 128 valence electrons. The largest absolute Gasteiger partial charge is 0.457 e. The van der Waals surface area contributed by atoms with Gasteiger partial charge >= 0.3 is 0 Å². The highest BCUT2D eigenvalue weighted by atomic mass is 32.1. The summed E-state index contributed by atoms with van der Waals surface area (Å²) in [5.41, 5.74) is 1.70. The molecule has 1 heterocycles. The van der Waals surface area contributed by atoms with Crippen molar-refractivity contribution in [2.24, 2.45) is 0 Å². The average molecular weight is 359 g/mol. The molecule has 0 saturated heterocycles. The summed E-state index contributed by atoms with van der Waals surface area (Å²) in [7, 11) is 0. The molecule has 0 aliphatic heterocycles. The van der Waals surface area contributed by atoms with Gasteiger partial charge in [0, 0.05) is 18.4 Å². The Morgan fingerprint density at radius 3 is 2.31 bits per heavy atom. The van der Waals surface area contributed by atoms with Gasteiger partial charge < -0.3 is 4.74 Å². The van der Waals surface area contributed by atoms with Crippen molar-refractivity contribution in [2.75, 3.05) is 0 Å². The van der Waals surface area contributed by atoms with Gasteiger partial charge in [-0.15, -0.1) is 11.3 Å². The zero-order valence-corrected chi connectivity index (χ0v) is 14.9. The van der Waals surface area contributed by atoms with Gasteiger partial charge in [-0.05, 0) is 48.5 Å². The molecule has 0 amide bonds. The molecule has 4 rings (SSSR count). The van der Waals surface area contributed by atoms with Crippen LogP contribution in [0.15, 0.2) is 78.9 Å². The number of aryl methyl sites for hydroxylation is 1. The van der Waals surface area contributed by atoms with Crippen molar-refractivity contribution < 1.29 is 9.53 Å². The molecule has 4 heteroatoms. The van der Waals surface area contributed by atoms with Crippen molar-refractivity contribution in [3.8, 4) is 11.5 Å². The van der Waals surface area contributed by atoms with Gasteiger partial charge in [0.15, 0.2) is 5.78 Å². The number of ketones is 1. The Bertz CT molecular complexity index is 990. The first-order chi connectivity index (χ1) is 12.8. The maximum absolute atomic E-state index is 12.4. The van der Waals surface area contributed by atoms with Crippen LogP contribution < -0.4 is 4.74 Å². The maximum Gasteiger partial charge on any atom is 0.163 e. The third-order valence-electron chi connectivity index (χ3n) is 4.06. The molecule has 0 fully saturated rings. The van der Waals surface area contributed by atoms with Crippen molar-refractivity contribution >= 4 is 27.3 Å². The van der Waals surface area contributed by atoms with Gasteiger partial charge in [0.25, 0.3) is 0 Å². The molecule has 4 aromatic rings. The second-order valence-corrected chi connectivity index (χ2v) is 7.05. The van der Waals surface area contributed by atoms with Gasteiger partial charge in [0.1, 0.15) is 11.5 Å². The minimum atomic E-state index is 0.121. The molecule has 0 saturated carbocycles. The maximum atomic E-state index is 12.4. The van der Waals surface area contributed by atoms with E-state index in [4.69, 9.17) is 4.74 Å². The fourth-order valence-electron chi connectivity index (χ4n) is 2.73. The molecule has 0 bridgehead atoms. The smallest absolute Gasteiger partial charge is 0.163 e. The molecule has 0 atom stereocenters. The van der Waals surface area contributed by atoms with Crippen LogP contribution in [0.2, 0.25) is 0 Å². The van der Waals surface area contributed by atoms with E-state index < -0.39 is 0 Å². The normalized spacial score (nSPS) is 10.8. The van der Waals surface area contributed by atoms with Crippen LogP contribution >= 0.6 is 11.3 Å². The molecule has 3 nitrogen and oxygen atoms in total.